The monoisotopic (exact) mass is 182 g/mol. The summed E-state index contributed by atoms with van der Waals surface area (Å²) in [6.07, 6.45) is 2.91. The van der Waals surface area contributed by atoms with Gasteiger partial charge >= 0.3 is 0 Å². The van der Waals surface area contributed by atoms with Crippen LogP contribution in [0.25, 0.3) is 0 Å². The zero-order valence-electron chi connectivity index (χ0n) is 8.62. The Hall–Kier alpha value is -0.900. The number of hydrogen-bond donors (Lipinski definition) is 1. The van der Waals surface area contributed by atoms with Crippen molar-refractivity contribution >= 4 is 0 Å². The van der Waals surface area contributed by atoms with Gasteiger partial charge in [-0.2, -0.15) is 5.10 Å². The fourth-order valence-electron chi connectivity index (χ4n) is 1.36. The van der Waals surface area contributed by atoms with E-state index in [-0.39, 0.29) is 6.04 Å². The molecule has 1 unspecified atom stereocenters. The lowest BCUT2D eigenvalue weighted by Gasteiger charge is -2.07. The Labute approximate surface area is 79.2 Å². The minimum absolute atomic E-state index is 0.0304. The third kappa shape index (κ3) is 2.28. The SMILES string of the molecule is CCCC(N)c1nc(CC)nn1C. The molecule has 4 heteroatoms. The van der Waals surface area contributed by atoms with E-state index in [1.807, 2.05) is 14.0 Å². The molecule has 0 aromatic carbocycles. The van der Waals surface area contributed by atoms with E-state index in [2.05, 4.69) is 17.0 Å². The average molecular weight is 182 g/mol. The number of rotatable bonds is 4. The Morgan fingerprint density at radius 2 is 2.15 bits per heavy atom. The van der Waals surface area contributed by atoms with Gasteiger partial charge < -0.3 is 5.73 Å². The molecule has 0 aliphatic rings. The van der Waals surface area contributed by atoms with Crippen LogP contribution in [0, 0.1) is 0 Å². The van der Waals surface area contributed by atoms with Crippen LogP contribution in [0.3, 0.4) is 0 Å². The summed E-state index contributed by atoms with van der Waals surface area (Å²) >= 11 is 0. The van der Waals surface area contributed by atoms with Gasteiger partial charge in [-0.25, -0.2) is 4.98 Å². The molecule has 0 aliphatic heterocycles. The maximum atomic E-state index is 5.95. The van der Waals surface area contributed by atoms with Crippen LogP contribution in [0.1, 0.15) is 44.4 Å². The number of aromatic nitrogens is 3. The number of aryl methyl sites for hydroxylation is 2. The average Bonchev–Trinajstić information content (AvgIpc) is 2.47. The standard InChI is InChI=1S/C9H18N4/c1-4-6-7(10)9-11-8(5-2)12-13(9)3/h7H,4-6,10H2,1-3H3. The second kappa shape index (κ2) is 4.37. The molecule has 74 valence electrons. The van der Waals surface area contributed by atoms with Crippen molar-refractivity contribution < 1.29 is 0 Å². The minimum atomic E-state index is 0.0304. The van der Waals surface area contributed by atoms with E-state index in [1.165, 1.54) is 0 Å². The van der Waals surface area contributed by atoms with Crippen molar-refractivity contribution in [2.45, 2.75) is 39.2 Å². The molecular formula is C9H18N4. The van der Waals surface area contributed by atoms with Crippen molar-refractivity contribution in [1.29, 1.82) is 0 Å². The van der Waals surface area contributed by atoms with Gasteiger partial charge in [0.15, 0.2) is 5.82 Å². The molecule has 4 nitrogen and oxygen atoms in total. The quantitative estimate of drug-likeness (QED) is 0.760. The van der Waals surface area contributed by atoms with E-state index >= 15 is 0 Å². The summed E-state index contributed by atoms with van der Waals surface area (Å²) < 4.78 is 1.79. The molecule has 1 rings (SSSR count). The number of hydrogen-bond acceptors (Lipinski definition) is 3. The van der Waals surface area contributed by atoms with Crippen LogP contribution >= 0.6 is 0 Å². The molecule has 0 spiro atoms. The highest BCUT2D eigenvalue weighted by molar-refractivity contribution is 4.97. The Morgan fingerprint density at radius 1 is 1.46 bits per heavy atom. The van der Waals surface area contributed by atoms with Crippen molar-refractivity contribution in [1.82, 2.24) is 14.8 Å². The normalized spacial score (nSPS) is 13.2. The van der Waals surface area contributed by atoms with E-state index in [9.17, 15) is 0 Å². The first-order valence-electron chi connectivity index (χ1n) is 4.84. The lowest BCUT2D eigenvalue weighted by Crippen LogP contribution is -2.15. The predicted octanol–water partition coefficient (Wildman–Crippen LogP) is 1.18. The molecule has 0 fully saturated rings. The highest BCUT2D eigenvalue weighted by Gasteiger charge is 2.12. The van der Waals surface area contributed by atoms with Crippen LogP contribution in [-0.4, -0.2) is 14.8 Å². The second-order valence-electron chi connectivity index (χ2n) is 3.26. The van der Waals surface area contributed by atoms with Gasteiger partial charge in [0.2, 0.25) is 0 Å². The van der Waals surface area contributed by atoms with E-state index in [1.54, 1.807) is 4.68 Å². The fraction of sp³-hybridized carbons (Fsp3) is 0.778. The third-order valence-corrected chi connectivity index (χ3v) is 2.09. The maximum Gasteiger partial charge on any atom is 0.150 e. The molecule has 0 saturated heterocycles. The summed E-state index contributed by atoms with van der Waals surface area (Å²) in [6, 6.07) is 0.0304. The largest absolute Gasteiger partial charge is 0.321 e. The first-order valence-corrected chi connectivity index (χ1v) is 4.84. The van der Waals surface area contributed by atoms with Crippen molar-refractivity contribution in [3.63, 3.8) is 0 Å². The Kier molecular flexibility index (Phi) is 3.42. The van der Waals surface area contributed by atoms with Gasteiger partial charge in [-0.3, -0.25) is 4.68 Å². The lowest BCUT2D eigenvalue weighted by molar-refractivity contribution is 0.560. The zero-order chi connectivity index (χ0) is 9.84. The summed E-state index contributed by atoms with van der Waals surface area (Å²) in [7, 11) is 1.90. The topological polar surface area (TPSA) is 56.7 Å². The van der Waals surface area contributed by atoms with Gasteiger partial charge in [-0.05, 0) is 6.42 Å². The zero-order valence-corrected chi connectivity index (χ0v) is 8.62. The summed E-state index contributed by atoms with van der Waals surface area (Å²) in [5.41, 5.74) is 5.95. The summed E-state index contributed by atoms with van der Waals surface area (Å²) in [4.78, 5) is 4.37. The molecule has 1 aromatic heterocycles. The van der Waals surface area contributed by atoms with Crippen LogP contribution in [-0.2, 0) is 13.5 Å². The van der Waals surface area contributed by atoms with Gasteiger partial charge in [-0.1, -0.05) is 20.3 Å². The highest BCUT2D eigenvalue weighted by Crippen LogP contribution is 2.12. The van der Waals surface area contributed by atoms with Gasteiger partial charge in [0.1, 0.15) is 5.82 Å². The van der Waals surface area contributed by atoms with Gasteiger partial charge in [-0.15, -0.1) is 0 Å². The van der Waals surface area contributed by atoms with E-state index in [4.69, 9.17) is 5.73 Å². The Morgan fingerprint density at radius 3 is 2.62 bits per heavy atom. The molecule has 0 radical (unpaired) electrons. The Bertz CT molecular complexity index is 267. The minimum Gasteiger partial charge on any atom is -0.321 e. The molecule has 0 aliphatic carbocycles. The smallest absolute Gasteiger partial charge is 0.150 e. The van der Waals surface area contributed by atoms with E-state index in [0.29, 0.717) is 0 Å². The first kappa shape index (κ1) is 10.2. The second-order valence-corrected chi connectivity index (χ2v) is 3.26. The van der Waals surface area contributed by atoms with E-state index in [0.717, 1.165) is 30.9 Å². The van der Waals surface area contributed by atoms with Crippen molar-refractivity contribution in [2.24, 2.45) is 12.8 Å². The molecule has 0 bridgehead atoms. The van der Waals surface area contributed by atoms with Gasteiger partial charge in [0.05, 0.1) is 6.04 Å². The summed E-state index contributed by atoms with van der Waals surface area (Å²) in [6.45, 7) is 4.17. The molecule has 13 heavy (non-hydrogen) atoms. The molecular weight excluding hydrogens is 164 g/mol. The molecule has 0 saturated carbocycles. The predicted molar refractivity (Wildman–Crippen MR) is 52.2 cm³/mol. The molecule has 2 N–H and O–H groups in total. The summed E-state index contributed by atoms with van der Waals surface area (Å²) in [5.74, 6) is 1.78. The van der Waals surface area contributed by atoms with Crippen molar-refractivity contribution in [3.8, 4) is 0 Å². The number of nitrogens with zero attached hydrogens (tertiary/aromatic N) is 3. The van der Waals surface area contributed by atoms with Crippen LogP contribution in [0.4, 0.5) is 0 Å². The van der Waals surface area contributed by atoms with Crippen LogP contribution in [0.5, 0.6) is 0 Å². The molecule has 1 heterocycles. The molecule has 1 atom stereocenters. The van der Waals surface area contributed by atoms with Crippen molar-refractivity contribution in [2.75, 3.05) is 0 Å². The summed E-state index contributed by atoms with van der Waals surface area (Å²) in [5, 5.41) is 4.26. The van der Waals surface area contributed by atoms with E-state index < -0.39 is 0 Å². The Balaban J connectivity index is 2.80. The number of nitrogens with two attached hydrogens (primary N) is 1. The third-order valence-electron chi connectivity index (χ3n) is 2.09. The van der Waals surface area contributed by atoms with Gasteiger partial charge in [0, 0.05) is 13.5 Å². The first-order chi connectivity index (χ1) is 6.19. The maximum absolute atomic E-state index is 5.95. The molecule has 1 aromatic rings. The van der Waals surface area contributed by atoms with Crippen LogP contribution in [0.15, 0.2) is 0 Å². The van der Waals surface area contributed by atoms with Gasteiger partial charge in [0.25, 0.3) is 0 Å². The lowest BCUT2D eigenvalue weighted by atomic mass is 10.2. The fourth-order valence-corrected chi connectivity index (χ4v) is 1.36. The molecule has 0 amide bonds. The van der Waals surface area contributed by atoms with Crippen LogP contribution in [0.2, 0.25) is 0 Å². The highest BCUT2D eigenvalue weighted by atomic mass is 15.3. The van der Waals surface area contributed by atoms with Crippen LogP contribution < -0.4 is 5.73 Å². The van der Waals surface area contributed by atoms with Crippen molar-refractivity contribution in [3.05, 3.63) is 11.6 Å².